The van der Waals surface area contributed by atoms with Crippen LogP contribution in [0, 0.1) is 0 Å². The lowest BCUT2D eigenvalue weighted by molar-refractivity contribution is 0.0694. The van der Waals surface area contributed by atoms with Crippen LogP contribution in [0.1, 0.15) is 20.7 Å². The molecule has 16 heavy (non-hydrogen) atoms. The van der Waals surface area contributed by atoms with E-state index in [9.17, 15) is 14.2 Å². The van der Waals surface area contributed by atoms with Gasteiger partial charge in [-0.1, -0.05) is 0 Å². The first-order valence-corrected chi connectivity index (χ1v) is 4.99. The molecule has 0 saturated carbocycles. The minimum absolute atomic E-state index is 0.252. The van der Waals surface area contributed by atoms with E-state index in [1.807, 2.05) is 0 Å². The topological polar surface area (TPSA) is 121 Å². The number of carboxylic acids is 2. The van der Waals surface area contributed by atoms with Gasteiger partial charge in [0.2, 0.25) is 5.75 Å². The number of benzene rings is 1. The summed E-state index contributed by atoms with van der Waals surface area (Å²) in [7, 11) is -3.00. The van der Waals surface area contributed by atoms with E-state index < -0.39 is 25.8 Å². The Balaban J connectivity index is 3.24. The summed E-state index contributed by atoms with van der Waals surface area (Å²) in [6.45, 7) is 0. The fourth-order valence-corrected chi connectivity index (χ4v) is 1.32. The molecule has 0 radical (unpaired) electrons. The molecule has 0 heterocycles. The van der Waals surface area contributed by atoms with E-state index in [0.717, 1.165) is 18.2 Å². The number of rotatable bonds is 4. The third-order valence-electron chi connectivity index (χ3n) is 1.63. The summed E-state index contributed by atoms with van der Waals surface area (Å²) in [5, 5.41) is 17.4. The molecule has 0 aliphatic carbocycles. The Kier molecular flexibility index (Phi) is 3.55. The van der Waals surface area contributed by atoms with Gasteiger partial charge in [-0.05, 0) is 18.2 Å². The van der Waals surface area contributed by atoms with E-state index in [-0.39, 0.29) is 11.3 Å². The summed E-state index contributed by atoms with van der Waals surface area (Å²) in [4.78, 5) is 29.8. The zero-order chi connectivity index (χ0) is 12.3. The first-order valence-electron chi connectivity index (χ1n) is 3.86. The maximum absolute atomic E-state index is 10.7. The van der Waals surface area contributed by atoms with E-state index in [0.29, 0.717) is 0 Å². The molecule has 3 N–H and O–H groups in total. The highest BCUT2D eigenvalue weighted by Gasteiger charge is 2.22. The predicted molar refractivity (Wildman–Crippen MR) is 50.8 cm³/mol. The van der Waals surface area contributed by atoms with Crippen LogP contribution in [0.15, 0.2) is 18.2 Å². The van der Waals surface area contributed by atoms with Crippen LogP contribution in [0.3, 0.4) is 0 Å². The van der Waals surface area contributed by atoms with Crippen LogP contribution < -0.4 is 4.52 Å². The Morgan fingerprint density at radius 1 is 1.19 bits per heavy atom. The average Bonchev–Trinajstić information content (AvgIpc) is 2.16. The Bertz CT molecular complexity index is 467. The molecule has 8 heteroatoms. The zero-order valence-corrected chi connectivity index (χ0v) is 8.55. The fraction of sp³-hybridized carbons (Fsp3) is 0. The van der Waals surface area contributed by atoms with Crippen LogP contribution >= 0.6 is 8.25 Å². The molecular weight excluding hydrogens is 239 g/mol. The van der Waals surface area contributed by atoms with Crippen molar-refractivity contribution >= 4 is 20.2 Å². The molecule has 0 spiro atoms. The zero-order valence-electron chi connectivity index (χ0n) is 7.65. The van der Waals surface area contributed by atoms with Gasteiger partial charge in [0.15, 0.2) is 0 Å². The van der Waals surface area contributed by atoms with E-state index in [1.54, 1.807) is 0 Å². The first-order chi connectivity index (χ1) is 7.41. The van der Waals surface area contributed by atoms with Crippen molar-refractivity contribution in [2.75, 3.05) is 0 Å². The van der Waals surface area contributed by atoms with Gasteiger partial charge in [-0.15, -0.1) is 4.89 Å². The monoisotopic (exact) mass is 245 g/mol. The Morgan fingerprint density at radius 2 is 1.81 bits per heavy atom. The van der Waals surface area contributed by atoms with Crippen LogP contribution in [-0.2, 0) is 4.57 Å². The van der Waals surface area contributed by atoms with Crippen molar-refractivity contribution in [2.45, 2.75) is 0 Å². The highest BCUT2D eigenvalue weighted by Crippen LogP contribution is 2.27. The molecule has 7 nitrogen and oxygen atoms in total. The molecule has 1 atom stereocenters. The Morgan fingerprint density at radius 3 is 2.25 bits per heavy atom. The summed E-state index contributed by atoms with van der Waals surface area (Å²) in [6, 6.07) is 2.93. The molecule has 0 aliphatic rings. The number of carbonyl (C=O) groups is 2. The van der Waals surface area contributed by atoms with Crippen LogP contribution in [0.5, 0.6) is 5.75 Å². The Labute approximate surface area is 89.9 Å². The second-order valence-corrected chi connectivity index (χ2v) is 3.31. The van der Waals surface area contributed by atoms with E-state index in [4.69, 9.17) is 15.1 Å². The molecule has 0 aromatic heterocycles. The number of hydrogen-bond donors (Lipinski definition) is 3. The smallest absolute Gasteiger partial charge is 0.478 e. The van der Waals surface area contributed by atoms with Gasteiger partial charge in [0.05, 0.1) is 5.56 Å². The van der Waals surface area contributed by atoms with Gasteiger partial charge in [-0.3, -0.25) is 0 Å². The minimum atomic E-state index is -3.00. The summed E-state index contributed by atoms with van der Waals surface area (Å²) in [6.07, 6.45) is 0. The normalized spacial score (nSPS) is 10.7. The van der Waals surface area contributed by atoms with Crippen molar-refractivity contribution < 1.29 is 33.8 Å². The number of hydrogen-bond acceptors (Lipinski definition) is 4. The van der Waals surface area contributed by atoms with Gasteiger partial charge < -0.3 is 10.2 Å². The second-order valence-electron chi connectivity index (χ2n) is 2.65. The standard InChI is InChI=1S/C8H5O7P/c9-7(10)4-1-2-6(15-16(13)14)5(3-4)8(11)12/h1-3H,(H2-,9,10,11,12,13,14)/p+1. The lowest BCUT2D eigenvalue weighted by atomic mass is 10.1. The van der Waals surface area contributed by atoms with Crippen LogP contribution in [0.25, 0.3) is 0 Å². The van der Waals surface area contributed by atoms with Gasteiger partial charge in [0.25, 0.3) is 0 Å². The number of carboxylic acid groups (broad SMARTS) is 2. The lowest BCUT2D eigenvalue weighted by Gasteiger charge is -2.00. The van der Waals surface area contributed by atoms with Crippen molar-refractivity contribution in [2.24, 2.45) is 0 Å². The molecule has 0 bridgehead atoms. The second kappa shape index (κ2) is 4.69. The van der Waals surface area contributed by atoms with Gasteiger partial charge >= 0.3 is 20.2 Å². The molecular formula is C8H6O7P+. The molecule has 84 valence electrons. The van der Waals surface area contributed by atoms with Crippen LogP contribution in [0.4, 0.5) is 0 Å². The summed E-state index contributed by atoms with van der Waals surface area (Å²) >= 11 is 0. The first kappa shape index (κ1) is 12.1. The van der Waals surface area contributed by atoms with Gasteiger partial charge in [0, 0.05) is 4.57 Å². The highest BCUT2D eigenvalue weighted by molar-refractivity contribution is 7.32. The summed E-state index contributed by atoms with van der Waals surface area (Å²) < 4.78 is 14.7. The molecule has 0 amide bonds. The van der Waals surface area contributed by atoms with Crippen molar-refractivity contribution in [3.63, 3.8) is 0 Å². The molecule has 1 aromatic carbocycles. The highest BCUT2D eigenvalue weighted by atomic mass is 31.1. The third kappa shape index (κ3) is 2.75. The van der Waals surface area contributed by atoms with Crippen molar-refractivity contribution in [1.82, 2.24) is 0 Å². The van der Waals surface area contributed by atoms with E-state index in [1.165, 1.54) is 0 Å². The quantitative estimate of drug-likeness (QED) is 0.679. The summed E-state index contributed by atoms with van der Waals surface area (Å²) in [5.41, 5.74) is -0.741. The largest absolute Gasteiger partial charge is 0.747 e. The van der Waals surface area contributed by atoms with E-state index in [2.05, 4.69) is 4.52 Å². The molecule has 0 aliphatic heterocycles. The molecule has 0 saturated heterocycles. The van der Waals surface area contributed by atoms with Crippen molar-refractivity contribution in [1.29, 1.82) is 0 Å². The van der Waals surface area contributed by atoms with Crippen molar-refractivity contribution in [3.05, 3.63) is 29.3 Å². The molecule has 1 unspecified atom stereocenters. The average molecular weight is 245 g/mol. The predicted octanol–water partition coefficient (Wildman–Crippen LogP) is 1.11. The van der Waals surface area contributed by atoms with Crippen molar-refractivity contribution in [3.8, 4) is 5.75 Å². The van der Waals surface area contributed by atoms with Crippen LogP contribution in [-0.4, -0.2) is 27.0 Å². The molecule has 0 fully saturated rings. The minimum Gasteiger partial charge on any atom is -0.478 e. The SMILES string of the molecule is O=C(O)c1ccc(O[P+](=O)O)c(C(=O)O)c1. The lowest BCUT2D eigenvalue weighted by Crippen LogP contribution is -2.04. The third-order valence-corrected chi connectivity index (χ3v) is 1.99. The number of aromatic carboxylic acids is 2. The Hall–Kier alpha value is -1.98. The van der Waals surface area contributed by atoms with Gasteiger partial charge in [0.1, 0.15) is 5.56 Å². The van der Waals surface area contributed by atoms with Crippen LogP contribution in [0.2, 0.25) is 0 Å². The van der Waals surface area contributed by atoms with Gasteiger partial charge in [-0.25, -0.2) is 14.1 Å². The summed E-state index contributed by atoms with van der Waals surface area (Å²) in [5.74, 6) is -3.11. The maximum atomic E-state index is 10.7. The van der Waals surface area contributed by atoms with Gasteiger partial charge in [-0.2, -0.15) is 0 Å². The fourth-order valence-electron chi connectivity index (χ4n) is 0.994. The van der Waals surface area contributed by atoms with E-state index >= 15 is 0 Å². The maximum Gasteiger partial charge on any atom is 0.747 e. The molecule has 1 aromatic rings. The molecule has 1 rings (SSSR count).